The second-order valence-electron chi connectivity index (χ2n) is 4.10. The normalized spacial score (nSPS) is 23.1. The summed E-state index contributed by atoms with van der Waals surface area (Å²) in [5, 5.41) is 21.4. The van der Waals surface area contributed by atoms with Crippen molar-refractivity contribution in [2.75, 3.05) is 11.9 Å². The molecule has 7 nitrogen and oxygen atoms in total. The Balaban J connectivity index is 2.06. The van der Waals surface area contributed by atoms with Gasteiger partial charge in [-0.2, -0.15) is 0 Å². The summed E-state index contributed by atoms with van der Waals surface area (Å²) in [7, 11) is 0. The smallest absolute Gasteiger partial charge is 0.326 e. The Labute approximate surface area is 107 Å². The van der Waals surface area contributed by atoms with Gasteiger partial charge in [0, 0.05) is 24.0 Å². The highest BCUT2D eigenvalue weighted by Gasteiger charge is 2.39. The number of aliphatic carboxylic acids is 1. The van der Waals surface area contributed by atoms with Crippen molar-refractivity contribution in [1.82, 2.24) is 9.88 Å². The van der Waals surface area contributed by atoms with Crippen LogP contribution in [-0.4, -0.2) is 50.8 Å². The number of hydrogen-bond acceptors (Lipinski definition) is 5. The topological polar surface area (TPSA) is 103 Å². The van der Waals surface area contributed by atoms with E-state index in [0.29, 0.717) is 5.13 Å². The fourth-order valence-corrected chi connectivity index (χ4v) is 2.50. The second kappa shape index (κ2) is 4.91. The number of urea groups is 1. The lowest BCUT2D eigenvalue weighted by Crippen LogP contribution is -2.43. The van der Waals surface area contributed by atoms with Crippen LogP contribution in [0.4, 0.5) is 9.93 Å². The highest BCUT2D eigenvalue weighted by Crippen LogP contribution is 2.21. The number of aromatic nitrogens is 1. The first-order valence-electron chi connectivity index (χ1n) is 5.38. The molecular formula is C10H13N3O4S. The van der Waals surface area contributed by atoms with Crippen molar-refractivity contribution in [1.29, 1.82) is 0 Å². The van der Waals surface area contributed by atoms with E-state index in [2.05, 4.69) is 10.3 Å². The average molecular weight is 271 g/mol. The molecule has 2 amide bonds. The van der Waals surface area contributed by atoms with E-state index in [1.165, 1.54) is 11.3 Å². The highest BCUT2D eigenvalue weighted by atomic mass is 32.1. The van der Waals surface area contributed by atoms with Crippen molar-refractivity contribution in [3.63, 3.8) is 0 Å². The van der Waals surface area contributed by atoms with Crippen molar-refractivity contribution in [3.05, 3.63) is 11.1 Å². The van der Waals surface area contributed by atoms with Gasteiger partial charge in [-0.05, 0) is 6.92 Å². The third-order valence-corrected chi connectivity index (χ3v) is 3.49. The standard InChI is InChI=1S/C10H13N3O4S/c1-5-3-11-9(18-5)12-10(17)13-4-6(14)2-7(13)8(15)16/h3,6-7,14H,2,4H2,1H3,(H,15,16)(H,11,12,17)/t6-,7-/m0/s1. The number of rotatable bonds is 2. The maximum absolute atomic E-state index is 11.9. The molecule has 1 fully saturated rings. The van der Waals surface area contributed by atoms with Crippen LogP contribution >= 0.6 is 11.3 Å². The number of carbonyl (C=O) groups is 2. The van der Waals surface area contributed by atoms with Crippen LogP contribution in [0.5, 0.6) is 0 Å². The number of carbonyl (C=O) groups excluding carboxylic acids is 1. The molecule has 2 rings (SSSR count). The van der Waals surface area contributed by atoms with Gasteiger partial charge in [0.25, 0.3) is 0 Å². The van der Waals surface area contributed by atoms with Crippen molar-refractivity contribution in [2.24, 2.45) is 0 Å². The van der Waals surface area contributed by atoms with Crippen LogP contribution in [0.15, 0.2) is 6.20 Å². The third-order valence-electron chi connectivity index (χ3n) is 2.66. The molecule has 1 saturated heterocycles. The lowest BCUT2D eigenvalue weighted by Gasteiger charge is -2.20. The first-order valence-corrected chi connectivity index (χ1v) is 6.20. The van der Waals surface area contributed by atoms with Crippen LogP contribution in [0.3, 0.4) is 0 Å². The second-order valence-corrected chi connectivity index (χ2v) is 5.34. The molecule has 0 unspecified atom stereocenters. The van der Waals surface area contributed by atoms with Gasteiger partial charge in [0.05, 0.1) is 6.10 Å². The Kier molecular flexibility index (Phi) is 3.48. The van der Waals surface area contributed by atoms with Gasteiger partial charge in [0.1, 0.15) is 6.04 Å². The van der Waals surface area contributed by atoms with Gasteiger partial charge < -0.3 is 15.1 Å². The fourth-order valence-electron chi connectivity index (χ4n) is 1.85. The summed E-state index contributed by atoms with van der Waals surface area (Å²) < 4.78 is 0. The average Bonchev–Trinajstić information content (AvgIpc) is 2.85. The predicted octanol–water partition coefficient (Wildman–Crippen LogP) is 0.503. The summed E-state index contributed by atoms with van der Waals surface area (Å²) in [5.41, 5.74) is 0. The van der Waals surface area contributed by atoms with Crippen LogP contribution < -0.4 is 5.32 Å². The molecule has 98 valence electrons. The van der Waals surface area contributed by atoms with Gasteiger partial charge in [-0.1, -0.05) is 0 Å². The lowest BCUT2D eigenvalue weighted by atomic mass is 10.2. The van der Waals surface area contributed by atoms with Crippen LogP contribution in [0.1, 0.15) is 11.3 Å². The minimum Gasteiger partial charge on any atom is -0.480 e. The molecule has 18 heavy (non-hydrogen) atoms. The molecule has 2 atom stereocenters. The van der Waals surface area contributed by atoms with Gasteiger partial charge in [-0.15, -0.1) is 11.3 Å². The molecule has 1 aliphatic heterocycles. The molecule has 2 heterocycles. The third kappa shape index (κ3) is 2.59. The van der Waals surface area contributed by atoms with Crippen molar-refractivity contribution < 1.29 is 19.8 Å². The molecule has 0 radical (unpaired) electrons. The quantitative estimate of drug-likeness (QED) is 0.727. The molecular weight excluding hydrogens is 258 g/mol. The predicted molar refractivity (Wildman–Crippen MR) is 64.6 cm³/mol. The number of carboxylic acids is 1. The molecule has 1 aromatic heterocycles. The Morgan fingerprint density at radius 3 is 2.89 bits per heavy atom. The van der Waals surface area contributed by atoms with Crippen molar-refractivity contribution >= 4 is 28.5 Å². The summed E-state index contributed by atoms with van der Waals surface area (Å²) in [6.45, 7) is 1.88. The zero-order valence-electron chi connectivity index (χ0n) is 9.66. The SMILES string of the molecule is Cc1cnc(NC(=O)N2C[C@@H](O)C[C@H]2C(=O)O)s1. The number of aliphatic hydroxyl groups excluding tert-OH is 1. The Morgan fingerprint density at radius 2 is 2.33 bits per heavy atom. The molecule has 0 spiro atoms. The summed E-state index contributed by atoms with van der Waals surface area (Å²) in [6, 6.07) is -1.53. The molecule has 8 heteroatoms. The number of β-amino-alcohol motifs (C(OH)–C–C–N with tert-alkyl or cyclic N) is 1. The zero-order chi connectivity index (χ0) is 13.3. The maximum atomic E-state index is 11.9. The summed E-state index contributed by atoms with van der Waals surface area (Å²) in [6.07, 6.45) is 0.878. The number of aliphatic hydroxyl groups is 1. The zero-order valence-corrected chi connectivity index (χ0v) is 10.5. The number of carboxylic acid groups (broad SMARTS) is 1. The lowest BCUT2D eigenvalue weighted by molar-refractivity contribution is -0.141. The van der Waals surface area contributed by atoms with Crippen molar-refractivity contribution in [3.8, 4) is 0 Å². The van der Waals surface area contributed by atoms with Crippen LogP contribution in [-0.2, 0) is 4.79 Å². The minimum absolute atomic E-state index is 0.0210. The van der Waals surface area contributed by atoms with E-state index in [9.17, 15) is 14.7 Å². The number of nitrogens with one attached hydrogen (secondary N) is 1. The van der Waals surface area contributed by atoms with E-state index in [0.717, 1.165) is 9.78 Å². The number of amides is 2. The summed E-state index contributed by atoms with van der Waals surface area (Å²) >= 11 is 1.31. The number of hydrogen-bond donors (Lipinski definition) is 3. The van der Waals surface area contributed by atoms with Crippen LogP contribution in [0, 0.1) is 6.92 Å². The number of thiazole rings is 1. The van der Waals surface area contributed by atoms with Gasteiger partial charge in [0.2, 0.25) is 0 Å². The molecule has 0 bridgehead atoms. The largest absolute Gasteiger partial charge is 0.480 e. The number of nitrogens with zero attached hydrogens (tertiary/aromatic N) is 2. The monoisotopic (exact) mass is 271 g/mol. The van der Waals surface area contributed by atoms with E-state index in [-0.39, 0.29) is 13.0 Å². The van der Waals surface area contributed by atoms with E-state index in [1.807, 2.05) is 6.92 Å². The van der Waals surface area contributed by atoms with Gasteiger partial charge in [-0.3, -0.25) is 5.32 Å². The molecule has 3 N–H and O–H groups in total. The Bertz CT molecular complexity index is 475. The first-order chi connectivity index (χ1) is 8.47. The fraction of sp³-hybridized carbons (Fsp3) is 0.500. The molecule has 0 aromatic carbocycles. The maximum Gasteiger partial charge on any atom is 0.326 e. The van der Waals surface area contributed by atoms with E-state index in [1.54, 1.807) is 6.20 Å². The van der Waals surface area contributed by atoms with Gasteiger partial charge >= 0.3 is 12.0 Å². The number of likely N-dealkylation sites (tertiary alicyclic amines) is 1. The summed E-state index contributed by atoms with van der Waals surface area (Å²) in [5.74, 6) is -1.11. The van der Waals surface area contributed by atoms with E-state index >= 15 is 0 Å². The summed E-state index contributed by atoms with van der Waals surface area (Å²) in [4.78, 5) is 28.9. The van der Waals surface area contributed by atoms with Crippen molar-refractivity contribution in [2.45, 2.75) is 25.5 Å². The number of anilines is 1. The molecule has 0 aliphatic carbocycles. The molecule has 1 aromatic rings. The Hall–Kier alpha value is -1.67. The number of aryl methyl sites for hydroxylation is 1. The molecule has 0 saturated carbocycles. The van der Waals surface area contributed by atoms with Crippen LogP contribution in [0.25, 0.3) is 0 Å². The van der Waals surface area contributed by atoms with E-state index in [4.69, 9.17) is 5.11 Å². The van der Waals surface area contributed by atoms with Gasteiger partial charge in [0.15, 0.2) is 5.13 Å². The Morgan fingerprint density at radius 1 is 1.61 bits per heavy atom. The van der Waals surface area contributed by atoms with E-state index < -0.39 is 24.1 Å². The molecule has 1 aliphatic rings. The van der Waals surface area contributed by atoms with Crippen LogP contribution in [0.2, 0.25) is 0 Å². The minimum atomic E-state index is -1.11. The van der Waals surface area contributed by atoms with Gasteiger partial charge in [-0.25, -0.2) is 14.6 Å². The first kappa shape index (κ1) is 12.8. The highest BCUT2D eigenvalue weighted by molar-refractivity contribution is 7.15.